The molecule has 0 amide bonds. The van der Waals surface area contributed by atoms with Crippen molar-refractivity contribution in [2.75, 3.05) is 19.0 Å². The number of anilines is 1. The van der Waals surface area contributed by atoms with E-state index in [1.807, 2.05) is 30.3 Å². The molecule has 18 heavy (non-hydrogen) atoms. The van der Waals surface area contributed by atoms with Crippen LogP contribution in [-0.2, 0) is 0 Å². The Morgan fingerprint density at radius 1 is 1.33 bits per heavy atom. The van der Waals surface area contributed by atoms with Crippen molar-refractivity contribution in [2.24, 2.45) is 5.73 Å². The summed E-state index contributed by atoms with van der Waals surface area (Å²) >= 11 is 5.23. The van der Waals surface area contributed by atoms with E-state index < -0.39 is 0 Å². The van der Waals surface area contributed by atoms with E-state index >= 15 is 0 Å². The molecule has 0 saturated heterocycles. The minimum absolute atomic E-state index is 0.118. The third kappa shape index (κ3) is 3.04. The van der Waals surface area contributed by atoms with Crippen molar-refractivity contribution in [2.45, 2.75) is 6.04 Å². The number of halogens is 1. The van der Waals surface area contributed by atoms with Crippen LogP contribution in [0.15, 0.2) is 40.2 Å². The molecule has 0 spiro atoms. The van der Waals surface area contributed by atoms with Gasteiger partial charge < -0.3 is 15.8 Å². The zero-order valence-corrected chi connectivity index (χ0v) is 12.4. The predicted octanol–water partition coefficient (Wildman–Crippen LogP) is 3.63. The fraction of sp³-hybridized carbons (Fsp3) is 0.231. The molecule has 5 heteroatoms. The molecule has 1 aromatic heterocycles. The average molecular weight is 327 g/mol. The molecule has 96 valence electrons. The molecule has 2 aromatic rings. The lowest BCUT2D eigenvalue weighted by atomic mass is 10.2. The van der Waals surface area contributed by atoms with Gasteiger partial charge in [0.2, 0.25) is 0 Å². The van der Waals surface area contributed by atoms with Gasteiger partial charge in [-0.2, -0.15) is 0 Å². The Balaban J connectivity index is 2.13. The molecule has 0 aliphatic rings. The molecule has 0 bridgehead atoms. The Morgan fingerprint density at radius 3 is 2.56 bits per heavy atom. The Bertz CT molecular complexity index is 498. The second-order valence-corrected chi connectivity index (χ2v) is 5.60. The molecule has 0 radical (unpaired) electrons. The highest BCUT2D eigenvalue weighted by atomic mass is 79.9. The van der Waals surface area contributed by atoms with Gasteiger partial charge in [-0.3, -0.25) is 0 Å². The molecule has 1 heterocycles. The molecule has 0 fully saturated rings. The molecular formula is C13H15BrN2OS. The van der Waals surface area contributed by atoms with E-state index in [0.717, 1.165) is 15.9 Å². The first-order chi connectivity index (χ1) is 8.74. The monoisotopic (exact) mass is 326 g/mol. The third-order valence-electron chi connectivity index (χ3n) is 2.63. The smallest absolute Gasteiger partial charge is 0.119 e. The first kappa shape index (κ1) is 13.4. The molecule has 3 nitrogen and oxygen atoms in total. The van der Waals surface area contributed by atoms with Crippen LogP contribution in [0.5, 0.6) is 5.75 Å². The van der Waals surface area contributed by atoms with Crippen molar-refractivity contribution >= 4 is 33.0 Å². The van der Waals surface area contributed by atoms with Crippen LogP contribution in [0.25, 0.3) is 0 Å². The third-order valence-corrected chi connectivity index (χ3v) is 4.61. The Labute approximate surface area is 119 Å². The van der Waals surface area contributed by atoms with E-state index in [0.29, 0.717) is 6.54 Å². The van der Waals surface area contributed by atoms with E-state index in [2.05, 4.69) is 26.6 Å². The van der Waals surface area contributed by atoms with E-state index in [9.17, 15) is 0 Å². The van der Waals surface area contributed by atoms with Crippen LogP contribution in [-0.4, -0.2) is 13.7 Å². The molecule has 3 N–H and O–H groups in total. The largest absolute Gasteiger partial charge is 0.497 e. The van der Waals surface area contributed by atoms with Gasteiger partial charge in [0.25, 0.3) is 0 Å². The number of thiophene rings is 1. The maximum absolute atomic E-state index is 5.84. The standard InChI is InChI=1S/C13H15BrN2OS/c1-17-10-4-2-9(3-5-10)16-12(8-15)13-11(14)6-7-18-13/h2-7,12,16H,8,15H2,1H3. The van der Waals surface area contributed by atoms with Crippen molar-refractivity contribution in [3.63, 3.8) is 0 Å². The maximum atomic E-state index is 5.84. The van der Waals surface area contributed by atoms with E-state index in [4.69, 9.17) is 10.5 Å². The first-order valence-corrected chi connectivity index (χ1v) is 7.25. The van der Waals surface area contributed by atoms with Gasteiger partial charge in [-0.15, -0.1) is 11.3 Å². The van der Waals surface area contributed by atoms with Crippen LogP contribution in [0, 0.1) is 0 Å². The SMILES string of the molecule is COc1ccc(NC(CN)c2sccc2Br)cc1. The second kappa shape index (κ2) is 6.22. The Kier molecular flexibility index (Phi) is 4.63. The van der Waals surface area contributed by atoms with E-state index in [1.54, 1.807) is 18.4 Å². The van der Waals surface area contributed by atoms with Crippen LogP contribution in [0.1, 0.15) is 10.9 Å². The van der Waals surface area contributed by atoms with Crippen molar-refractivity contribution in [3.05, 3.63) is 45.1 Å². The summed E-state index contributed by atoms with van der Waals surface area (Å²) in [7, 11) is 1.66. The van der Waals surface area contributed by atoms with Crippen LogP contribution in [0.4, 0.5) is 5.69 Å². The fourth-order valence-electron chi connectivity index (χ4n) is 1.67. The van der Waals surface area contributed by atoms with Gasteiger partial charge in [0.05, 0.1) is 13.2 Å². The summed E-state index contributed by atoms with van der Waals surface area (Å²) in [5.74, 6) is 0.849. The van der Waals surface area contributed by atoms with Crippen LogP contribution >= 0.6 is 27.3 Å². The Hall–Kier alpha value is -1.04. The highest BCUT2D eigenvalue weighted by Crippen LogP contribution is 2.31. The minimum atomic E-state index is 0.118. The molecule has 0 aliphatic heterocycles. The predicted molar refractivity (Wildman–Crippen MR) is 80.4 cm³/mol. The number of nitrogens with one attached hydrogen (secondary N) is 1. The topological polar surface area (TPSA) is 47.3 Å². The average Bonchev–Trinajstić information content (AvgIpc) is 2.83. The number of benzene rings is 1. The van der Waals surface area contributed by atoms with Gasteiger partial charge in [-0.25, -0.2) is 0 Å². The van der Waals surface area contributed by atoms with Gasteiger partial charge in [-0.1, -0.05) is 0 Å². The van der Waals surface area contributed by atoms with Crippen LogP contribution in [0.2, 0.25) is 0 Å². The van der Waals surface area contributed by atoms with Gasteiger partial charge in [0.1, 0.15) is 5.75 Å². The molecule has 0 saturated carbocycles. The molecule has 1 unspecified atom stereocenters. The number of hydrogen-bond donors (Lipinski definition) is 2. The van der Waals surface area contributed by atoms with Gasteiger partial charge in [0, 0.05) is 21.6 Å². The molecular weight excluding hydrogens is 312 g/mol. The minimum Gasteiger partial charge on any atom is -0.497 e. The van der Waals surface area contributed by atoms with Gasteiger partial charge in [0.15, 0.2) is 0 Å². The number of rotatable bonds is 5. The van der Waals surface area contributed by atoms with Crippen molar-refractivity contribution in [3.8, 4) is 5.75 Å². The zero-order valence-electron chi connectivity index (χ0n) is 10.0. The summed E-state index contributed by atoms with van der Waals surface area (Å²) in [6, 6.07) is 10.00. The van der Waals surface area contributed by atoms with Gasteiger partial charge >= 0.3 is 0 Å². The fourth-order valence-corrected chi connectivity index (χ4v) is 3.39. The molecule has 1 atom stereocenters. The summed E-state index contributed by atoms with van der Waals surface area (Å²) in [6.45, 7) is 0.547. The lowest BCUT2D eigenvalue weighted by Gasteiger charge is -2.17. The molecule has 0 aliphatic carbocycles. The van der Waals surface area contributed by atoms with Crippen molar-refractivity contribution in [1.29, 1.82) is 0 Å². The van der Waals surface area contributed by atoms with Crippen LogP contribution < -0.4 is 15.8 Å². The van der Waals surface area contributed by atoms with Crippen molar-refractivity contribution < 1.29 is 4.74 Å². The number of ether oxygens (including phenoxy) is 1. The number of methoxy groups -OCH3 is 1. The maximum Gasteiger partial charge on any atom is 0.119 e. The normalized spacial score (nSPS) is 12.2. The van der Waals surface area contributed by atoms with E-state index in [-0.39, 0.29) is 6.04 Å². The summed E-state index contributed by atoms with van der Waals surface area (Å²) in [5.41, 5.74) is 6.87. The van der Waals surface area contributed by atoms with Crippen molar-refractivity contribution in [1.82, 2.24) is 0 Å². The lowest BCUT2D eigenvalue weighted by molar-refractivity contribution is 0.415. The quantitative estimate of drug-likeness (QED) is 0.881. The lowest BCUT2D eigenvalue weighted by Crippen LogP contribution is -2.19. The number of nitrogens with two attached hydrogens (primary N) is 1. The summed E-state index contributed by atoms with van der Waals surface area (Å²) in [6.07, 6.45) is 0. The number of hydrogen-bond acceptors (Lipinski definition) is 4. The first-order valence-electron chi connectivity index (χ1n) is 5.58. The van der Waals surface area contributed by atoms with Gasteiger partial charge in [-0.05, 0) is 51.6 Å². The Morgan fingerprint density at radius 2 is 2.06 bits per heavy atom. The van der Waals surface area contributed by atoms with Crippen LogP contribution in [0.3, 0.4) is 0 Å². The second-order valence-electron chi connectivity index (χ2n) is 3.79. The zero-order chi connectivity index (χ0) is 13.0. The highest BCUT2D eigenvalue weighted by molar-refractivity contribution is 9.10. The van der Waals surface area contributed by atoms with E-state index in [1.165, 1.54) is 4.88 Å². The molecule has 2 rings (SSSR count). The summed E-state index contributed by atoms with van der Waals surface area (Å²) < 4.78 is 6.23. The highest BCUT2D eigenvalue weighted by Gasteiger charge is 2.14. The summed E-state index contributed by atoms with van der Waals surface area (Å²) in [5, 5.41) is 5.48. The molecule has 1 aromatic carbocycles. The summed E-state index contributed by atoms with van der Waals surface area (Å²) in [4.78, 5) is 1.22.